The molecule has 4 heteroatoms. The third-order valence-electron chi connectivity index (χ3n) is 2.94. The number of aryl methyl sites for hydroxylation is 1. The smallest absolute Gasteiger partial charge is 0.134 e. The van der Waals surface area contributed by atoms with Crippen LogP contribution >= 0.6 is 0 Å². The molecule has 1 N–H and O–H groups in total. The molecule has 0 spiro atoms. The molecule has 1 aromatic carbocycles. The lowest BCUT2D eigenvalue weighted by molar-refractivity contribution is 0.151. The van der Waals surface area contributed by atoms with Crippen LogP contribution in [0.1, 0.15) is 17.6 Å². The highest BCUT2D eigenvalue weighted by Crippen LogP contribution is 2.25. The van der Waals surface area contributed by atoms with Crippen LogP contribution in [0.2, 0.25) is 0 Å². The summed E-state index contributed by atoms with van der Waals surface area (Å²) in [6, 6.07) is 11.5. The van der Waals surface area contributed by atoms with E-state index in [0.29, 0.717) is 12.2 Å². The first kappa shape index (κ1) is 11.0. The van der Waals surface area contributed by atoms with E-state index in [-0.39, 0.29) is 0 Å². The summed E-state index contributed by atoms with van der Waals surface area (Å²) in [5, 5.41) is 15.4. The minimum Gasteiger partial charge on any atom is -0.458 e. The number of para-hydroxylation sites is 1. The maximum atomic E-state index is 10.1. The van der Waals surface area contributed by atoms with Crippen LogP contribution in [0.15, 0.2) is 47.0 Å². The minimum absolute atomic E-state index is 0.459. The van der Waals surface area contributed by atoms with E-state index in [0.717, 1.165) is 16.7 Å². The van der Waals surface area contributed by atoms with Crippen LogP contribution in [0.25, 0.3) is 11.0 Å². The third kappa shape index (κ3) is 2.02. The SMILES string of the molecule is Cn1ccc(CC(O)c2cc3ccccc3o2)n1. The van der Waals surface area contributed by atoms with Gasteiger partial charge in [0.05, 0.1) is 5.69 Å². The molecule has 0 radical (unpaired) electrons. The molecule has 0 aliphatic heterocycles. The van der Waals surface area contributed by atoms with Gasteiger partial charge in [-0.05, 0) is 18.2 Å². The first-order chi connectivity index (χ1) is 8.72. The Morgan fingerprint density at radius 1 is 1.33 bits per heavy atom. The predicted molar refractivity (Wildman–Crippen MR) is 68.1 cm³/mol. The third-order valence-corrected chi connectivity index (χ3v) is 2.94. The van der Waals surface area contributed by atoms with Gasteiger partial charge in [0.2, 0.25) is 0 Å². The van der Waals surface area contributed by atoms with E-state index in [1.165, 1.54) is 0 Å². The fraction of sp³-hybridized carbons (Fsp3) is 0.214. The summed E-state index contributed by atoms with van der Waals surface area (Å²) in [5.74, 6) is 0.585. The van der Waals surface area contributed by atoms with Gasteiger partial charge in [0.1, 0.15) is 17.4 Å². The van der Waals surface area contributed by atoms with Gasteiger partial charge in [-0.2, -0.15) is 5.10 Å². The second kappa shape index (κ2) is 4.31. The van der Waals surface area contributed by atoms with E-state index in [1.807, 2.05) is 49.6 Å². The van der Waals surface area contributed by atoms with Crippen molar-refractivity contribution in [3.63, 3.8) is 0 Å². The number of hydrogen-bond donors (Lipinski definition) is 1. The van der Waals surface area contributed by atoms with Gasteiger partial charge in [-0.1, -0.05) is 18.2 Å². The topological polar surface area (TPSA) is 51.2 Å². The molecule has 4 nitrogen and oxygen atoms in total. The summed E-state index contributed by atoms with van der Waals surface area (Å²) in [4.78, 5) is 0. The van der Waals surface area contributed by atoms with Crippen molar-refractivity contribution in [2.45, 2.75) is 12.5 Å². The number of nitrogens with zero attached hydrogens (tertiary/aromatic N) is 2. The summed E-state index contributed by atoms with van der Waals surface area (Å²) in [5.41, 5.74) is 1.65. The summed E-state index contributed by atoms with van der Waals surface area (Å²) < 4.78 is 7.35. The fourth-order valence-electron chi connectivity index (χ4n) is 2.04. The van der Waals surface area contributed by atoms with Crippen molar-refractivity contribution < 1.29 is 9.52 Å². The van der Waals surface area contributed by atoms with Crippen LogP contribution in [0.4, 0.5) is 0 Å². The molecule has 1 atom stereocenters. The van der Waals surface area contributed by atoms with Crippen molar-refractivity contribution in [1.82, 2.24) is 9.78 Å². The Bertz CT molecular complexity index is 636. The summed E-state index contributed by atoms with van der Waals surface area (Å²) >= 11 is 0. The van der Waals surface area contributed by atoms with Gasteiger partial charge in [-0.3, -0.25) is 4.68 Å². The van der Waals surface area contributed by atoms with Gasteiger partial charge in [-0.25, -0.2) is 0 Å². The van der Waals surface area contributed by atoms with Crippen molar-refractivity contribution in [3.05, 3.63) is 54.0 Å². The monoisotopic (exact) mass is 242 g/mol. The molecule has 0 aliphatic carbocycles. The van der Waals surface area contributed by atoms with Crippen LogP contribution in [0, 0.1) is 0 Å². The van der Waals surface area contributed by atoms with Crippen molar-refractivity contribution in [3.8, 4) is 0 Å². The molecule has 0 aliphatic rings. The van der Waals surface area contributed by atoms with Crippen LogP contribution < -0.4 is 0 Å². The summed E-state index contributed by atoms with van der Waals surface area (Å²) in [7, 11) is 1.86. The number of hydrogen-bond acceptors (Lipinski definition) is 3. The maximum Gasteiger partial charge on any atom is 0.134 e. The van der Waals surface area contributed by atoms with E-state index in [2.05, 4.69) is 5.10 Å². The molecule has 3 rings (SSSR count). The minimum atomic E-state index is -0.660. The molecule has 92 valence electrons. The van der Waals surface area contributed by atoms with Crippen LogP contribution in [-0.4, -0.2) is 14.9 Å². The van der Waals surface area contributed by atoms with Crippen LogP contribution in [0.3, 0.4) is 0 Å². The van der Waals surface area contributed by atoms with E-state index < -0.39 is 6.10 Å². The van der Waals surface area contributed by atoms with Gasteiger partial charge in [-0.15, -0.1) is 0 Å². The van der Waals surface area contributed by atoms with Crippen LogP contribution in [-0.2, 0) is 13.5 Å². The first-order valence-electron chi connectivity index (χ1n) is 5.87. The lowest BCUT2D eigenvalue weighted by Crippen LogP contribution is -2.01. The molecule has 2 heterocycles. The quantitative estimate of drug-likeness (QED) is 0.767. The number of aliphatic hydroxyl groups is 1. The maximum absolute atomic E-state index is 10.1. The van der Waals surface area contributed by atoms with Crippen molar-refractivity contribution in [2.24, 2.45) is 7.05 Å². The highest BCUT2D eigenvalue weighted by Gasteiger charge is 2.15. The van der Waals surface area contributed by atoms with Gasteiger partial charge < -0.3 is 9.52 Å². The Kier molecular flexibility index (Phi) is 2.64. The highest BCUT2D eigenvalue weighted by molar-refractivity contribution is 5.77. The molecule has 18 heavy (non-hydrogen) atoms. The molecule has 0 saturated carbocycles. The average molecular weight is 242 g/mol. The van der Waals surface area contributed by atoms with Gasteiger partial charge in [0, 0.05) is 25.1 Å². The lowest BCUT2D eigenvalue weighted by atomic mass is 10.1. The number of aromatic nitrogens is 2. The molecule has 0 amide bonds. The van der Waals surface area contributed by atoms with E-state index in [9.17, 15) is 5.11 Å². The Labute approximate surface area is 104 Å². The van der Waals surface area contributed by atoms with Crippen molar-refractivity contribution in [2.75, 3.05) is 0 Å². The summed E-state index contributed by atoms with van der Waals surface area (Å²) in [6.07, 6.45) is 1.66. The molecular weight excluding hydrogens is 228 g/mol. The number of rotatable bonds is 3. The van der Waals surface area contributed by atoms with Crippen molar-refractivity contribution >= 4 is 11.0 Å². The Balaban J connectivity index is 1.85. The molecule has 1 unspecified atom stereocenters. The Morgan fingerprint density at radius 3 is 2.89 bits per heavy atom. The Morgan fingerprint density at radius 2 is 2.17 bits per heavy atom. The second-order valence-corrected chi connectivity index (χ2v) is 4.39. The van der Waals surface area contributed by atoms with Gasteiger partial charge in [0.15, 0.2) is 0 Å². The standard InChI is InChI=1S/C14H14N2O2/c1-16-7-6-11(15-16)9-12(17)14-8-10-4-2-3-5-13(10)18-14/h2-8,12,17H,9H2,1H3. The lowest BCUT2D eigenvalue weighted by Gasteiger charge is -2.04. The molecule has 0 fully saturated rings. The zero-order chi connectivity index (χ0) is 12.5. The Hall–Kier alpha value is -2.07. The largest absolute Gasteiger partial charge is 0.458 e. The highest BCUT2D eigenvalue weighted by atomic mass is 16.4. The van der Waals surface area contributed by atoms with E-state index >= 15 is 0 Å². The molecule has 3 aromatic rings. The average Bonchev–Trinajstić information content (AvgIpc) is 2.95. The van der Waals surface area contributed by atoms with Crippen LogP contribution in [0.5, 0.6) is 0 Å². The zero-order valence-electron chi connectivity index (χ0n) is 10.1. The second-order valence-electron chi connectivity index (χ2n) is 4.39. The number of fused-ring (bicyclic) bond motifs is 1. The van der Waals surface area contributed by atoms with Crippen molar-refractivity contribution in [1.29, 1.82) is 0 Å². The van der Waals surface area contributed by atoms with Gasteiger partial charge >= 0.3 is 0 Å². The molecular formula is C14H14N2O2. The number of aliphatic hydroxyl groups excluding tert-OH is 1. The zero-order valence-corrected chi connectivity index (χ0v) is 10.1. The molecule has 0 bridgehead atoms. The van der Waals surface area contributed by atoms with Gasteiger partial charge in [0.25, 0.3) is 0 Å². The fourth-order valence-corrected chi connectivity index (χ4v) is 2.04. The van der Waals surface area contributed by atoms with E-state index in [4.69, 9.17) is 4.42 Å². The van der Waals surface area contributed by atoms with E-state index in [1.54, 1.807) is 4.68 Å². The summed E-state index contributed by atoms with van der Waals surface area (Å²) in [6.45, 7) is 0. The normalized spacial score (nSPS) is 13.0. The predicted octanol–water partition coefficient (Wildman–Crippen LogP) is 2.44. The number of furan rings is 1. The molecule has 0 saturated heterocycles. The molecule has 2 aromatic heterocycles. The first-order valence-corrected chi connectivity index (χ1v) is 5.87. The number of benzene rings is 1.